The molecule has 0 spiro atoms. The molecule has 0 aliphatic rings. The first-order valence-corrected chi connectivity index (χ1v) is 7.75. The topological polar surface area (TPSA) is 12.0 Å². The van der Waals surface area contributed by atoms with Crippen LogP contribution in [0.5, 0.6) is 0 Å². The number of hydrogen-bond acceptors (Lipinski definition) is 2. The van der Waals surface area contributed by atoms with Gasteiger partial charge in [-0.05, 0) is 42.6 Å². The molecule has 1 nitrogen and oxygen atoms in total. The lowest BCUT2D eigenvalue weighted by molar-refractivity contribution is 0.702. The Bertz CT molecular complexity index is 523. The Morgan fingerprint density at radius 2 is 1.68 bits per heavy atom. The van der Waals surface area contributed by atoms with Crippen LogP contribution in [0.3, 0.4) is 0 Å². The normalized spacial score (nSPS) is 12.9. The minimum atomic E-state index is 0.220. The minimum Gasteiger partial charge on any atom is -0.309 e. The summed E-state index contributed by atoms with van der Waals surface area (Å²) in [5.41, 5.74) is 3.81. The molecule has 19 heavy (non-hydrogen) atoms. The standard InChI is InChI=1S/C16H20ClNS/c1-10(2)12-5-7-13(8-6-12)15(18-4)14-9-11(3)16(17)19-14/h5-10,15,18H,1-4H3. The molecule has 0 saturated heterocycles. The van der Waals surface area contributed by atoms with E-state index < -0.39 is 0 Å². The van der Waals surface area contributed by atoms with Crippen LogP contribution >= 0.6 is 22.9 Å². The molecular weight excluding hydrogens is 274 g/mol. The average Bonchev–Trinajstić information content (AvgIpc) is 2.71. The second-order valence-corrected chi connectivity index (χ2v) is 6.83. The van der Waals surface area contributed by atoms with Gasteiger partial charge in [-0.15, -0.1) is 11.3 Å². The van der Waals surface area contributed by atoms with Crippen LogP contribution in [-0.2, 0) is 0 Å². The van der Waals surface area contributed by atoms with Gasteiger partial charge in [-0.2, -0.15) is 0 Å². The Balaban J connectivity index is 2.31. The Labute approximate surface area is 124 Å². The molecule has 1 N–H and O–H groups in total. The van der Waals surface area contributed by atoms with Crippen molar-refractivity contribution in [2.45, 2.75) is 32.7 Å². The van der Waals surface area contributed by atoms with E-state index in [2.05, 4.69) is 56.4 Å². The van der Waals surface area contributed by atoms with Gasteiger partial charge < -0.3 is 5.32 Å². The van der Waals surface area contributed by atoms with E-state index in [-0.39, 0.29) is 6.04 Å². The summed E-state index contributed by atoms with van der Waals surface area (Å²) < 4.78 is 0.883. The first-order valence-electron chi connectivity index (χ1n) is 6.56. The van der Waals surface area contributed by atoms with E-state index in [9.17, 15) is 0 Å². The quantitative estimate of drug-likeness (QED) is 0.823. The third-order valence-electron chi connectivity index (χ3n) is 3.39. The first kappa shape index (κ1) is 14.6. The van der Waals surface area contributed by atoms with E-state index in [0.29, 0.717) is 5.92 Å². The van der Waals surface area contributed by atoms with Gasteiger partial charge in [0.25, 0.3) is 0 Å². The molecule has 1 aromatic heterocycles. The van der Waals surface area contributed by atoms with Gasteiger partial charge in [-0.1, -0.05) is 49.7 Å². The maximum Gasteiger partial charge on any atom is 0.0961 e. The van der Waals surface area contributed by atoms with Crippen molar-refractivity contribution in [1.29, 1.82) is 0 Å². The Kier molecular flexibility index (Phi) is 4.67. The SMILES string of the molecule is CNC(c1ccc(C(C)C)cc1)c1cc(C)c(Cl)s1. The second kappa shape index (κ2) is 6.08. The molecule has 102 valence electrons. The summed E-state index contributed by atoms with van der Waals surface area (Å²) in [5, 5.41) is 3.38. The molecule has 3 heteroatoms. The highest BCUT2D eigenvalue weighted by Gasteiger charge is 2.16. The molecule has 1 heterocycles. The van der Waals surface area contributed by atoms with Crippen molar-refractivity contribution < 1.29 is 0 Å². The third-order valence-corrected chi connectivity index (χ3v) is 5.01. The molecule has 0 aliphatic carbocycles. The molecule has 2 rings (SSSR count). The van der Waals surface area contributed by atoms with E-state index in [1.54, 1.807) is 11.3 Å². The van der Waals surface area contributed by atoms with Gasteiger partial charge in [-0.25, -0.2) is 0 Å². The lowest BCUT2D eigenvalue weighted by Crippen LogP contribution is -2.16. The highest BCUT2D eigenvalue weighted by atomic mass is 35.5. The maximum atomic E-state index is 6.18. The number of halogens is 1. The summed E-state index contributed by atoms with van der Waals surface area (Å²) >= 11 is 7.83. The van der Waals surface area contributed by atoms with Gasteiger partial charge in [0, 0.05) is 4.88 Å². The van der Waals surface area contributed by atoms with Crippen LogP contribution in [-0.4, -0.2) is 7.05 Å². The zero-order valence-electron chi connectivity index (χ0n) is 11.8. The zero-order valence-corrected chi connectivity index (χ0v) is 13.4. The van der Waals surface area contributed by atoms with Crippen LogP contribution in [0.25, 0.3) is 0 Å². The maximum absolute atomic E-state index is 6.18. The van der Waals surface area contributed by atoms with Crippen LogP contribution in [0.2, 0.25) is 4.34 Å². The monoisotopic (exact) mass is 293 g/mol. The number of thiophene rings is 1. The molecule has 1 unspecified atom stereocenters. The lowest BCUT2D eigenvalue weighted by Gasteiger charge is -2.16. The summed E-state index contributed by atoms with van der Waals surface area (Å²) in [6.45, 7) is 6.48. The van der Waals surface area contributed by atoms with Crippen molar-refractivity contribution >= 4 is 22.9 Å². The van der Waals surface area contributed by atoms with Gasteiger partial charge in [0.2, 0.25) is 0 Å². The van der Waals surface area contributed by atoms with Crippen molar-refractivity contribution in [3.63, 3.8) is 0 Å². The van der Waals surface area contributed by atoms with E-state index in [0.717, 1.165) is 9.90 Å². The highest BCUT2D eigenvalue weighted by Crippen LogP contribution is 2.34. The number of aryl methyl sites for hydroxylation is 1. The molecule has 1 aromatic carbocycles. The van der Waals surface area contributed by atoms with Gasteiger partial charge in [0.15, 0.2) is 0 Å². The van der Waals surface area contributed by atoms with Crippen LogP contribution in [0.1, 0.15) is 47.4 Å². The van der Waals surface area contributed by atoms with Crippen molar-refractivity contribution in [2.24, 2.45) is 0 Å². The predicted octanol–water partition coefficient (Wildman–Crippen LogP) is 5.14. The summed E-state index contributed by atoms with van der Waals surface area (Å²) in [4.78, 5) is 1.27. The smallest absolute Gasteiger partial charge is 0.0961 e. The van der Waals surface area contributed by atoms with E-state index >= 15 is 0 Å². The van der Waals surface area contributed by atoms with Gasteiger partial charge in [-0.3, -0.25) is 0 Å². The van der Waals surface area contributed by atoms with E-state index in [4.69, 9.17) is 11.6 Å². The average molecular weight is 294 g/mol. The molecule has 2 aromatic rings. The Morgan fingerprint density at radius 1 is 1.11 bits per heavy atom. The number of benzene rings is 1. The van der Waals surface area contributed by atoms with Crippen molar-refractivity contribution in [3.8, 4) is 0 Å². The summed E-state index contributed by atoms with van der Waals surface area (Å²) in [7, 11) is 1.99. The molecule has 0 fully saturated rings. The fourth-order valence-electron chi connectivity index (χ4n) is 2.17. The van der Waals surface area contributed by atoms with E-state index in [1.807, 2.05) is 7.05 Å². The summed E-state index contributed by atoms with van der Waals surface area (Å²) in [6.07, 6.45) is 0. The molecule has 0 radical (unpaired) electrons. The number of rotatable bonds is 4. The Morgan fingerprint density at radius 3 is 2.11 bits per heavy atom. The van der Waals surface area contributed by atoms with Crippen molar-refractivity contribution in [1.82, 2.24) is 5.32 Å². The molecular formula is C16H20ClNS. The lowest BCUT2D eigenvalue weighted by atomic mass is 9.98. The largest absolute Gasteiger partial charge is 0.309 e. The van der Waals surface area contributed by atoms with Crippen LogP contribution < -0.4 is 5.32 Å². The highest BCUT2D eigenvalue weighted by molar-refractivity contribution is 7.16. The van der Waals surface area contributed by atoms with Crippen LogP contribution in [0.4, 0.5) is 0 Å². The molecule has 0 aliphatic heterocycles. The number of hydrogen-bond donors (Lipinski definition) is 1. The fraction of sp³-hybridized carbons (Fsp3) is 0.375. The van der Waals surface area contributed by atoms with Gasteiger partial charge in [0.1, 0.15) is 0 Å². The molecule has 0 saturated carbocycles. The fourth-order valence-corrected chi connectivity index (χ4v) is 3.53. The first-order chi connectivity index (χ1) is 9.02. The summed E-state index contributed by atoms with van der Waals surface area (Å²) in [6, 6.07) is 11.2. The predicted molar refractivity (Wildman–Crippen MR) is 85.5 cm³/mol. The van der Waals surface area contributed by atoms with Crippen LogP contribution in [0.15, 0.2) is 30.3 Å². The molecule has 0 bridgehead atoms. The third kappa shape index (κ3) is 3.19. The van der Waals surface area contributed by atoms with Crippen molar-refractivity contribution in [2.75, 3.05) is 7.05 Å². The number of nitrogens with one attached hydrogen (secondary N) is 1. The van der Waals surface area contributed by atoms with Gasteiger partial charge >= 0.3 is 0 Å². The zero-order chi connectivity index (χ0) is 14.0. The summed E-state index contributed by atoms with van der Waals surface area (Å²) in [5.74, 6) is 0.570. The Hall–Kier alpha value is -0.830. The second-order valence-electron chi connectivity index (χ2n) is 5.15. The van der Waals surface area contributed by atoms with E-state index in [1.165, 1.54) is 16.0 Å². The molecule has 0 amide bonds. The van der Waals surface area contributed by atoms with Crippen LogP contribution in [0, 0.1) is 6.92 Å². The molecule has 1 atom stereocenters. The van der Waals surface area contributed by atoms with Gasteiger partial charge in [0.05, 0.1) is 10.4 Å². The minimum absolute atomic E-state index is 0.220. The van der Waals surface area contributed by atoms with Crippen molar-refractivity contribution in [3.05, 3.63) is 56.2 Å².